The average Bonchev–Trinajstić information content (AvgIpc) is 3.06. The molecular weight excluding hydrogens is 400 g/mol. The molecule has 9 heteroatoms. The fraction of sp³-hybridized carbons (Fsp3) is 0.333. The van der Waals surface area contributed by atoms with E-state index in [1.165, 1.54) is 11.3 Å². The quantitative estimate of drug-likeness (QED) is 0.627. The number of pyridine rings is 2. The Balaban J connectivity index is 1.32. The molecule has 4 rings (SSSR count). The van der Waals surface area contributed by atoms with Crippen LogP contribution in [0, 0.1) is 13.8 Å². The molecule has 0 unspecified atom stereocenters. The molecule has 1 atom stereocenters. The Morgan fingerprint density at radius 3 is 2.87 bits per heavy atom. The van der Waals surface area contributed by atoms with Gasteiger partial charge in [0.05, 0.1) is 36.4 Å². The zero-order valence-corrected chi connectivity index (χ0v) is 17.8. The number of carbonyl (C=O) groups excluding carboxylic acids is 1. The van der Waals surface area contributed by atoms with E-state index in [0.717, 1.165) is 27.8 Å². The summed E-state index contributed by atoms with van der Waals surface area (Å²) in [6.07, 6.45) is 3.34. The van der Waals surface area contributed by atoms with Crippen molar-refractivity contribution in [2.24, 2.45) is 0 Å². The summed E-state index contributed by atoms with van der Waals surface area (Å²) in [6, 6.07) is 9.60. The van der Waals surface area contributed by atoms with Crippen LogP contribution in [0.5, 0.6) is 0 Å². The number of aryl methyl sites for hydroxylation is 2. The number of aromatic nitrogens is 3. The Morgan fingerprint density at radius 1 is 1.27 bits per heavy atom. The number of nitrogens with zero attached hydrogens (tertiary/aromatic N) is 4. The maximum atomic E-state index is 12.4. The molecule has 156 valence electrons. The van der Waals surface area contributed by atoms with Gasteiger partial charge in [-0.1, -0.05) is 6.07 Å². The van der Waals surface area contributed by atoms with Crippen molar-refractivity contribution in [1.29, 1.82) is 0 Å². The van der Waals surface area contributed by atoms with E-state index in [4.69, 9.17) is 4.74 Å². The number of thiazole rings is 1. The number of nitrogens with one attached hydrogen (secondary N) is 2. The van der Waals surface area contributed by atoms with Crippen molar-refractivity contribution < 1.29 is 9.53 Å². The van der Waals surface area contributed by atoms with E-state index in [2.05, 4.69) is 30.5 Å². The molecule has 30 heavy (non-hydrogen) atoms. The Kier molecular flexibility index (Phi) is 6.32. The second-order valence-electron chi connectivity index (χ2n) is 7.12. The van der Waals surface area contributed by atoms with Crippen LogP contribution in [0.1, 0.15) is 22.4 Å². The first kappa shape index (κ1) is 20.4. The molecule has 0 saturated carbocycles. The van der Waals surface area contributed by atoms with Crippen molar-refractivity contribution in [3.05, 3.63) is 59.0 Å². The minimum Gasteiger partial charge on any atom is -0.369 e. The number of hydrogen-bond acceptors (Lipinski definition) is 8. The molecular formula is C21H24N6O2S. The van der Waals surface area contributed by atoms with Crippen LogP contribution in [0.15, 0.2) is 42.7 Å². The van der Waals surface area contributed by atoms with E-state index in [1.807, 2.05) is 44.2 Å². The largest absolute Gasteiger partial charge is 0.369 e. The van der Waals surface area contributed by atoms with E-state index in [0.29, 0.717) is 31.4 Å². The first-order valence-electron chi connectivity index (χ1n) is 9.78. The molecule has 2 N–H and O–H groups in total. The van der Waals surface area contributed by atoms with Gasteiger partial charge in [-0.2, -0.15) is 0 Å². The Bertz CT molecular complexity index is 973. The van der Waals surface area contributed by atoms with Gasteiger partial charge >= 0.3 is 0 Å². The van der Waals surface area contributed by atoms with Crippen molar-refractivity contribution >= 4 is 33.9 Å². The summed E-state index contributed by atoms with van der Waals surface area (Å²) in [5, 5.41) is 6.76. The summed E-state index contributed by atoms with van der Waals surface area (Å²) in [7, 11) is 0. The van der Waals surface area contributed by atoms with E-state index < -0.39 is 0 Å². The predicted octanol–water partition coefficient (Wildman–Crippen LogP) is 3.31. The Hall–Kier alpha value is -2.88. The smallest absolute Gasteiger partial charge is 0.240 e. The molecule has 4 heterocycles. The van der Waals surface area contributed by atoms with Gasteiger partial charge in [0.2, 0.25) is 5.91 Å². The third kappa shape index (κ3) is 5.18. The zero-order valence-electron chi connectivity index (χ0n) is 17.0. The molecule has 1 fully saturated rings. The molecule has 1 aliphatic rings. The molecule has 0 radical (unpaired) electrons. The fourth-order valence-corrected chi connectivity index (χ4v) is 4.00. The van der Waals surface area contributed by atoms with Crippen LogP contribution in [0.4, 0.5) is 16.6 Å². The molecule has 0 aromatic carbocycles. The highest BCUT2D eigenvalue weighted by Gasteiger charge is 2.24. The number of anilines is 3. The van der Waals surface area contributed by atoms with Gasteiger partial charge in [-0.05, 0) is 38.1 Å². The summed E-state index contributed by atoms with van der Waals surface area (Å²) in [4.78, 5) is 28.8. The van der Waals surface area contributed by atoms with Crippen LogP contribution in [0.3, 0.4) is 0 Å². The van der Waals surface area contributed by atoms with E-state index >= 15 is 0 Å². The van der Waals surface area contributed by atoms with E-state index in [-0.39, 0.29) is 12.0 Å². The van der Waals surface area contributed by atoms with Crippen LogP contribution in [-0.2, 0) is 9.53 Å². The third-order valence-electron chi connectivity index (χ3n) is 4.85. The van der Waals surface area contributed by atoms with E-state index in [1.54, 1.807) is 12.4 Å². The van der Waals surface area contributed by atoms with Gasteiger partial charge in [0.15, 0.2) is 5.13 Å². The Morgan fingerprint density at radius 2 is 2.17 bits per heavy atom. The monoisotopic (exact) mass is 424 g/mol. The molecule has 0 aliphatic carbocycles. The topological polar surface area (TPSA) is 92.3 Å². The summed E-state index contributed by atoms with van der Waals surface area (Å²) >= 11 is 1.50. The van der Waals surface area contributed by atoms with Gasteiger partial charge in [-0.15, -0.1) is 11.3 Å². The maximum absolute atomic E-state index is 12.4. The van der Waals surface area contributed by atoms with E-state index in [9.17, 15) is 4.79 Å². The molecule has 1 aliphatic heterocycles. The number of ether oxygens (including phenoxy) is 1. The number of amides is 1. The molecule has 0 bridgehead atoms. The fourth-order valence-electron chi connectivity index (χ4n) is 3.17. The molecule has 8 nitrogen and oxygen atoms in total. The van der Waals surface area contributed by atoms with Gasteiger partial charge in [-0.25, -0.2) is 9.97 Å². The van der Waals surface area contributed by atoms with Crippen molar-refractivity contribution in [3.8, 4) is 0 Å². The molecule has 1 amide bonds. The lowest BCUT2D eigenvalue weighted by Crippen LogP contribution is -2.42. The van der Waals surface area contributed by atoms with Crippen LogP contribution in [-0.4, -0.2) is 52.0 Å². The third-order valence-corrected chi connectivity index (χ3v) is 5.83. The highest BCUT2D eigenvalue weighted by Crippen LogP contribution is 2.23. The zero-order chi connectivity index (χ0) is 20.9. The van der Waals surface area contributed by atoms with Crippen LogP contribution in [0.25, 0.3) is 0 Å². The van der Waals surface area contributed by atoms with Crippen molar-refractivity contribution in [2.45, 2.75) is 20.0 Å². The maximum Gasteiger partial charge on any atom is 0.240 e. The second kappa shape index (κ2) is 9.29. The van der Waals surface area contributed by atoms with Gasteiger partial charge in [0.25, 0.3) is 0 Å². The summed E-state index contributed by atoms with van der Waals surface area (Å²) in [6.45, 7) is 6.13. The van der Waals surface area contributed by atoms with Gasteiger partial charge < -0.3 is 15.4 Å². The van der Waals surface area contributed by atoms with Gasteiger partial charge in [-0.3, -0.25) is 14.7 Å². The van der Waals surface area contributed by atoms with Crippen LogP contribution >= 0.6 is 11.3 Å². The second-order valence-corrected chi connectivity index (χ2v) is 8.32. The van der Waals surface area contributed by atoms with Crippen molar-refractivity contribution in [3.63, 3.8) is 0 Å². The number of morpholine rings is 1. The number of hydrogen-bond donors (Lipinski definition) is 2. The lowest BCUT2D eigenvalue weighted by atomic mass is 10.2. The number of carbonyl (C=O) groups is 1. The first-order chi connectivity index (χ1) is 14.6. The Labute approximate surface area is 179 Å². The summed E-state index contributed by atoms with van der Waals surface area (Å²) < 4.78 is 5.89. The number of rotatable bonds is 6. The summed E-state index contributed by atoms with van der Waals surface area (Å²) in [5.74, 6) is 0.705. The lowest BCUT2D eigenvalue weighted by Gasteiger charge is -2.32. The van der Waals surface area contributed by atoms with Gasteiger partial charge in [0.1, 0.15) is 11.9 Å². The summed E-state index contributed by atoms with van der Waals surface area (Å²) in [5.41, 5.74) is 2.66. The minimum absolute atomic E-state index is 0.0627. The highest BCUT2D eigenvalue weighted by atomic mass is 32.1. The van der Waals surface area contributed by atoms with Gasteiger partial charge in [0, 0.05) is 24.2 Å². The molecule has 3 aromatic heterocycles. The minimum atomic E-state index is -0.167. The average molecular weight is 425 g/mol. The van der Waals surface area contributed by atoms with Crippen molar-refractivity contribution in [2.75, 3.05) is 36.9 Å². The predicted molar refractivity (Wildman–Crippen MR) is 117 cm³/mol. The first-order valence-corrected chi connectivity index (χ1v) is 10.6. The molecule has 3 aromatic rings. The highest BCUT2D eigenvalue weighted by molar-refractivity contribution is 7.15. The molecule has 0 spiro atoms. The molecule has 1 saturated heterocycles. The standard InChI is InChI=1S/C21H24N6O2S/c1-14-15(2)30-21(24-14)26-20(28)13-27-9-10-29-18(12-27)17-7-6-16(11-23-17)25-19-5-3-4-8-22-19/h3-8,11,18H,9-10,12-13H2,1-2H3,(H,22,25)(H,24,26,28)/t18-/m0/s1. The van der Waals surface area contributed by atoms with Crippen LogP contribution in [0.2, 0.25) is 0 Å². The van der Waals surface area contributed by atoms with Crippen LogP contribution < -0.4 is 10.6 Å². The lowest BCUT2D eigenvalue weighted by molar-refractivity contribution is -0.119. The van der Waals surface area contributed by atoms with Crippen molar-refractivity contribution in [1.82, 2.24) is 19.9 Å². The SMILES string of the molecule is Cc1nc(NC(=O)CN2CCO[C@H](c3ccc(Nc4ccccn4)cn3)C2)sc1C. The normalized spacial score (nSPS) is 16.9.